The summed E-state index contributed by atoms with van der Waals surface area (Å²) in [6.07, 6.45) is 3.11. The summed E-state index contributed by atoms with van der Waals surface area (Å²) in [5, 5.41) is 9.47. The molecule has 108 valence electrons. The minimum absolute atomic E-state index is 0.195. The van der Waals surface area contributed by atoms with Crippen LogP contribution < -0.4 is 9.80 Å². The molecule has 3 rings (SSSR count). The summed E-state index contributed by atoms with van der Waals surface area (Å²) < 4.78 is 4.94. The predicted molar refractivity (Wildman–Crippen MR) is 77.2 cm³/mol. The van der Waals surface area contributed by atoms with Gasteiger partial charge >= 0.3 is 6.09 Å². The zero-order valence-electron chi connectivity index (χ0n) is 11.5. The van der Waals surface area contributed by atoms with Crippen molar-refractivity contribution in [3.63, 3.8) is 0 Å². The number of piperidine rings is 1. The number of carbonyl (C=O) groups excluding carboxylic acids is 1. The normalized spacial score (nSPS) is 23.1. The average Bonchev–Trinajstić information content (AvgIpc) is 2.93. The molecule has 5 heteroatoms. The van der Waals surface area contributed by atoms with Crippen molar-refractivity contribution in [3.05, 3.63) is 24.3 Å². The zero-order valence-corrected chi connectivity index (χ0v) is 11.5. The molecular weight excluding hydrogens is 256 g/mol. The number of anilines is 2. The first-order valence-corrected chi connectivity index (χ1v) is 7.21. The summed E-state index contributed by atoms with van der Waals surface area (Å²) in [5.74, 6) is 0. The van der Waals surface area contributed by atoms with Gasteiger partial charge in [0, 0.05) is 17.9 Å². The van der Waals surface area contributed by atoms with Crippen molar-refractivity contribution in [2.75, 3.05) is 36.1 Å². The lowest BCUT2D eigenvalue weighted by Crippen LogP contribution is -2.41. The molecule has 0 aromatic heterocycles. The summed E-state index contributed by atoms with van der Waals surface area (Å²) in [6, 6.07) is 8.16. The van der Waals surface area contributed by atoms with Crippen LogP contribution in [-0.2, 0) is 4.74 Å². The van der Waals surface area contributed by atoms with Crippen LogP contribution in [0.5, 0.6) is 0 Å². The largest absolute Gasteiger partial charge is 0.447 e. The maximum Gasteiger partial charge on any atom is 0.414 e. The second-order valence-electron chi connectivity index (χ2n) is 5.31. The topological polar surface area (TPSA) is 53.0 Å². The lowest BCUT2D eigenvalue weighted by molar-refractivity contribution is 0.181. The zero-order chi connectivity index (χ0) is 13.9. The summed E-state index contributed by atoms with van der Waals surface area (Å²) in [7, 11) is 0. The molecule has 0 aliphatic carbocycles. The molecule has 1 aromatic carbocycles. The van der Waals surface area contributed by atoms with Crippen molar-refractivity contribution in [1.29, 1.82) is 0 Å². The minimum atomic E-state index is -0.274. The van der Waals surface area contributed by atoms with Crippen LogP contribution in [0.25, 0.3) is 0 Å². The summed E-state index contributed by atoms with van der Waals surface area (Å²) in [4.78, 5) is 15.4. The van der Waals surface area contributed by atoms with E-state index in [2.05, 4.69) is 4.90 Å². The van der Waals surface area contributed by atoms with Gasteiger partial charge in [0.2, 0.25) is 0 Å². The van der Waals surface area contributed by atoms with Crippen LogP contribution in [0.1, 0.15) is 19.3 Å². The van der Waals surface area contributed by atoms with Gasteiger partial charge in [0.25, 0.3) is 0 Å². The Labute approximate surface area is 118 Å². The Hall–Kier alpha value is -1.75. The monoisotopic (exact) mass is 276 g/mol. The maximum atomic E-state index is 11.5. The van der Waals surface area contributed by atoms with E-state index in [1.54, 1.807) is 4.90 Å². The van der Waals surface area contributed by atoms with Crippen LogP contribution in [0.3, 0.4) is 0 Å². The summed E-state index contributed by atoms with van der Waals surface area (Å²) in [6.45, 7) is 2.25. The molecule has 2 heterocycles. The number of hydrogen-bond acceptors (Lipinski definition) is 4. The fraction of sp³-hybridized carbons (Fsp3) is 0.533. The predicted octanol–water partition coefficient (Wildman–Crippen LogP) is 1.99. The van der Waals surface area contributed by atoms with Crippen molar-refractivity contribution in [2.45, 2.75) is 25.3 Å². The fourth-order valence-corrected chi connectivity index (χ4v) is 2.98. The van der Waals surface area contributed by atoms with Gasteiger partial charge in [-0.1, -0.05) is 0 Å². The van der Waals surface area contributed by atoms with Gasteiger partial charge in [-0.3, -0.25) is 4.90 Å². The number of rotatable bonds is 3. The molecule has 2 saturated heterocycles. The number of benzene rings is 1. The number of aliphatic hydroxyl groups excluding tert-OH is 1. The van der Waals surface area contributed by atoms with Gasteiger partial charge in [-0.2, -0.15) is 0 Å². The second-order valence-corrected chi connectivity index (χ2v) is 5.31. The molecule has 0 radical (unpaired) electrons. The molecule has 2 aliphatic rings. The fourth-order valence-electron chi connectivity index (χ4n) is 2.98. The van der Waals surface area contributed by atoms with Gasteiger partial charge < -0.3 is 14.7 Å². The van der Waals surface area contributed by atoms with Crippen molar-refractivity contribution in [2.24, 2.45) is 0 Å². The van der Waals surface area contributed by atoms with Crippen LogP contribution in [-0.4, -0.2) is 43.5 Å². The molecule has 1 N–H and O–H groups in total. The van der Waals surface area contributed by atoms with E-state index in [-0.39, 0.29) is 18.7 Å². The van der Waals surface area contributed by atoms with Crippen LogP contribution in [0.4, 0.5) is 16.2 Å². The Bertz CT molecular complexity index is 475. The number of ether oxygens (including phenoxy) is 1. The Morgan fingerprint density at radius 2 is 1.90 bits per heavy atom. The molecule has 20 heavy (non-hydrogen) atoms. The van der Waals surface area contributed by atoms with Gasteiger partial charge in [-0.15, -0.1) is 0 Å². The summed E-state index contributed by atoms with van der Waals surface area (Å²) >= 11 is 0. The molecule has 0 spiro atoms. The van der Waals surface area contributed by atoms with E-state index in [1.807, 2.05) is 24.3 Å². The number of carbonyl (C=O) groups is 1. The van der Waals surface area contributed by atoms with E-state index >= 15 is 0 Å². The van der Waals surface area contributed by atoms with Gasteiger partial charge in [0.1, 0.15) is 6.61 Å². The first kappa shape index (κ1) is 13.2. The number of cyclic esters (lactones) is 1. The van der Waals surface area contributed by atoms with E-state index in [0.29, 0.717) is 13.2 Å². The Balaban J connectivity index is 1.76. The SMILES string of the molecule is O=C1OCCN1c1ccc(N2CCCCC2CO)cc1. The second kappa shape index (κ2) is 5.71. The van der Waals surface area contributed by atoms with E-state index in [1.165, 1.54) is 6.42 Å². The lowest BCUT2D eigenvalue weighted by atomic mass is 10.0. The van der Waals surface area contributed by atoms with Crippen molar-refractivity contribution >= 4 is 17.5 Å². The average molecular weight is 276 g/mol. The standard InChI is InChI=1S/C15H20N2O3/c18-11-14-3-1-2-8-16(14)12-4-6-13(7-5-12)17-9-10-20-15(17)19/h4-7,14,18H,1-3,8-11H2. The third-order valence-electron chi connectivity index (χ3n) is 4.09. The highest BCUT2D eigenvalue weighted by Gasteiger charge is 2.25. The number of hydrogen-bond donors (Lipinski definition) is 1. The van der Waals surface area contributed by atoms with E-state index in [4.69, 9.17) is 4.74 Å². The molecule has 0 saturated carbocycles. The van der Waals surface area contributed by atoms with Gasteiger partial charge in [0.05, 0.1) is 19.2 Å². The number of amides is 1. The molecule has 1 atom stereocenters. The van der Waals surface area contributed by atoms with Crippen LogP contribution in [0.2, 0.25) is 0 Å². The van der Waals surface area contributed by atoms with Gasteiger partial charge in [0.15, 0.2) is 0 Å². The van der Waals surface area contributed by atoms with Crippen molar-refractivity contribution in [1.82, 2.24) is 0 Å². The highest BCUT2D eigenvalue weighted by molar-refractivity contribution is 5.89. The van der Waals surface area contributed by atoms with Gasteiger partial charge in [-0.05, 0) is 43.5 Å². The van der Waals surface area contributed by atoms with Crippen LogP contribution in [0, 0.1) is 0 Å². The summed E-state index contributed by atoms with van der Waals surface area (Å²) in [5.41, 5.74) is 1.98. The van der Waals surface area contributed by atoms with Crippen LogP contribution in [0.15, 0.2) is 24.3 Å². The van der Waals surface area contributed by atoms with Crippen molar-refractivity contribution in [3.8, 4) is 0 Å². The lowest BCUT2D eigenvalue weighted by Gasteiger charge is -2.36. The molecule has 1 unspecified atom stereocenters. The van der Waals surface area contributed by atoms with E-state index in [9.17, 15) is 9.90 Å². The Morgan fingerprint density at radius 3 is 2.55 bits per heavy atom. The van der Waals surface area contributed by atoms with E-state index in [0.717, 1.165) is 30.8 Å². The van der Waals surface area contributed by atoms with Crippen molar-refractivity contribution < 1.29 is 14.6 Å². The quantitative estimate of drug-likeness (QED) is 0.917. The number of aliphatic hydroxyl groups is 1. The molecule has 1 amide bonds. The Morgan fingerprint density at radius 1 is 1.15 bits per heavy atom. The Kier molecular flexibility index (Phi) is 3.78. The highest BCUT2D eigenvalue weighted by Crippen LogP contribution is 2.27. The molecule has 1 aromatic rings. The minimum Gasteiger partial charge on any atom is -0.447 e. The first-order chi connectivity index (χ1) is 9.79. The van der Waals surface area contributed by atoms with E-state index < -0.39 is 0 Å². The maximum absolute atomic E-state index is 11.5. The molecule has 2 aliphatic heterocycles. The third kappa shape index (κ3) is 2.45. The molecule has 2 fully saturated rings. The molecular formula is C15H20N2O3. The highest BCUT2D eigenvalue weighted by atomic mass is 16.6. The smallest absolute Gasteiger partial charge is 0.414 e. The van der Waals surface area contributed by atoms with Gasteiger partial charge in [-0.25, -0.2) is 4.79 Å². The molecule has 5 nitrogen and oxygen atoms in total. The molecule has 0 bridgehead atoms. The third-order valence-corrected chi connectivity index (χ3v) is 4.09. The van der Waals surface area contributed by atoms with Crippen LogP contribution >= 0.6 is 0 Å². The first-order valence-electron chi connectivity index (χ1n) is 7.21. The number of nitrogens with zero attached hydrogens (tertiary/aromatic N) is 2.